The van der Waals surface area contributed by atoms with E-state index in [0.29, 0.717) is 17.8 Å². The quantitative estimate of drug-likeness (QED) is 0.149. The molecule has 2 saturated carbocycles. The maximum Gasteiger partial charge on any atom is 0.192 e. The molecule has 4 nitrogen and oxygen atoms in total. The van der Waals surface area contributed by atoms with Gasteiger partial charge in [-0.05, 0) is 122 Å². The normalized spacial score (nSPS) is 37.4. The van der Waals surface area contributed by atoms with Gasteiger partial charge in [0.1, 0.15) is 5.76 Å². The molecule has 0 saturated heterocycles. The number of hydrogen-bond acceptors (Lipinski definition) is 4. The highest BCUT2D eigenvalue weighted by molar-refractivity contribution is 6.74. The van der Waals surface area contributed by atoms with E-state index in [1.807, 2.05) is 0 Å². The van der Waals surface area contributed by atoms with E-state index in [2.05, 4.69) is 128 Å². The first-order valence-corrected chi connectivity index (χ1v) is 27.6. The van der Waals surface area contributed by atoms with Gasteiger partial charge in [0.15, 0.2) is 25.0 Å². The Balaban J connectivity index is 2.37. The second-order valence-corrected chi connectivity index (χ2v) is 34.0. The van der Waals surface area contributed by atoms with E-state index < -0.39 is 42.3 Å². The van der Waals surface area contributed by atoms with Crippen molar-refractivity contribution in [1.82, 2.24) is 0 Å². The van der Waals surface area contributed by atoms with Crippen molar-refractivity contribution < 1.29 is 20.8 Å². The van der Waals surface area contributed by atoms with Crippen LogP contribution in [0.5, 0.6) is 0 Å². The maximum absolute atomic E-state index is 9.62. The molecule has 3 aliphatic rings. The highest BCUT2D eigenvalue weighted by atomic mass is 28.4. The van der Waals surface area contributed by atoms with Crippen molar-refractivity contribution >= 4 is 25.0 Å². The van der Waals surface area contributed by atoms with Gasteiger partial charge >= 0.3 is 0 Å². The predicted molar refractivity (Wildman–Crippen MR) is 214 cm³/mol. The van der Waals surface area contributed by atoms with Crippen molar-refractivity contribution in [1.29, 1.82) is 0 Å². The Morgan fingerprint density at radius 2 is 1.42 bits per heavy atom. The lowest BCUT2D eigenvalue weighted by Gasteiger charge is -2.67. The van der Waals surface area contributed by atoms with E-state index in [4.69, 9.17) is 24.4 Å². The second-order valence-electron chi connectivity index (χ2n) is 19.8. The molecule has 0 unspecified atom stereocenters. The molecule has 3 aliphatic carbocycles. The number of allylic oxidation sites excluding steroid dienone is 2. The van der Waals surface area contributed by atoms with Gasteiger partial charge in [-0.15, -0.1) is 6.42 Å². The van der Waals surface area contributed by atoms with Crippen molar-refractivity contribution in [2.24, 2.45) is 39.9 Å². The molecule has 7 heteroatoms. The first kappa shape index (κ1) is 38.9. The molecule has 0 N–H and O–H groups in total. The molecule has 0 aromatic rings. The van der Waals surface area contributed by atoms with Gasteiger partial charge in [0.2, 0.25) is 0 Å². The maximum atomic E-state index is 9.62. The summed E-state index contributed by atoms with van der Waals surface area (Å²) in [7, 11) is -4.89. The largest absolute Gasteiger partial charge is 0.500 e. The van der Waals surface area contributed by atoms with Crippen LogP contribution in [0, 0.1) is 52.3 Å². The van der Waals surface area contributed by atoms with E-state index in [1.54, 1.807) is 7.11 Å². The zero-order valence-corrected chi connectivity index (χ0v) is 37.7. The minimum Gasteiger partial charge on any atom is -0.500 e. The minimum atomic E-state index is -2.47. The van der Waals surface area contributed by atoms with Crippen LogP contribution in [0.4, 0.5) is 0 Å². The van der Waals surface area contributed by atoms with Gasteiger partial charge in [0.25, 0.3) is 0 Å². The lowest BCUT2D eigenvalue weighted by Crippen LogP contribution is -2.67. The third-order valence-electron chi connectivity index (χ3n) is 15.1. The predicted octanol–water partition coefficient (Wildman–Crippen LogP) is 12.1. The van der Waals surface area contributed by atoms with E-state index >= 15 is 0 Å². The molecule has 3 rings (SSSR count). The Morgan fingerprint density at radius 1 is 0.875 bits per heavy atom. The van der Waals surface area contributed by atoms with Gasteiger partial charge in [0, 0.05) is 24.7 Å². The lowest BCUT2D eigenvalue weighted by atomic mass is 9.39. The molecular formula is C41H78O4Si3. The third kappa shape index (κ3) is 7.29. The third-order valence-corrected chi connectivity index (χ3v) is 28.5. The van der Waals surface area contributed by atoms with Crippen LogP contribution in [0.1, 0.15) is 118 Å². The summed E-state index contributed by atoms with van der Waals surface area (Å²) in [5.41, 5.74) is -1.97. The van der Waals surface area contributed by atoms with Crippen molar-refractivity contribution in [3.63, 3.8) is 0 Å². The van der Waals surface area contributed by atoms with Gasteiger partial charge in [0.05, 0.1) is 15.3 Å². The van der Waals surface area contributed by atoms with Gasteiger partial charge < -0.3 is 18.0 Å². The fraction of sp³-hybridized carbons (Fsp3) is 0.902. The highest BCUT2D eigenvalue weighted by Crippen LogP contribution is 2.70. The fourth-order valence-corrected chi connectivity index (χ4v) is 14.3. The minimum absolute atomic E-state index is 0.0139. The first-order chi connectivity index (χ1) is 22.5. The number of fused-ring (bicyclic) bond motifs is 3. The zero-order valence-electron chi connectivity index (χ0n) is 36.7. The summed E-state index contributed by atoms with van der Waals surface area (Å²) in [6.45, 7) is 36.8. The van der Waals surface area contributed by atoms with Crippen LogP contribution in [0.3, 0.4) is 0 Å². The molecule has 48 heavy (non-hydrogen) atoms. The van der Waals surface area contributed by atoms with Gasteiger partial charge in [-0.25, -0.2) is 0 Å². The summed E-state index contributed by atoms with van der Waals surface area (Å²) < 4.78 is 47.5. The van der Waals surface area contributed by atoms with Crippen LogP contribution in [0.2, 0.25) is 54.4 Å². The molecule has 2 fully saturated rings. The van der Waals surface area contributed by atoms with Gasteiger partial charge in [-0.1, -0.05) is 89.0 Å². The molecule has 0 aliphatic heterocycles. The molecule has 0 amide bonds. The van der Waals surface area contributed by atoms with Crippen LogP contribution < -0.4 is 0 Å². The summed E-state index contributed by atoms with van der Waals surface area (Å²) in [4.78, 5) is 0. The van der Waals surface area contributed by atoms with Crippen LogP contribution >= 0.6 is 0 Å². The van der Waals surface area contributed by atoms with Gasteiger partial charge in [-0.2, -0.15) is 0 Å². The Morgan fingerprint density at radius 3 is 1.88 bits per heavy atom. The number of methoxy groups -OCH3 is 1. The Kier molecular flexibility index (Phi) is 11.5. The van der Waals surface area contributed by atoms with E-state index in [0.717, 1.165) is 43.2 Å². The summed E-state index contributed by atoms with van der Waals surface area (Å²) in [5, 5.41) is -0.122. The highest BCUT2D eigenvalue weighted by Gasteiger charge is 2.68. The summed E-state index contributed by atoms with van der Waals surface area (Å²) >= 11 is 0. The van der Waals surface area contributed by atoms with Crippen molar-refractivity contribution in [3.05, 3.63) is 11.8 Å². The van der Waals surface area contributed by atoms with Crippen LogP contribution in [-0.2, 0) is 18.0 Å². The Bertz CT molecular complexity index is 1270. The van der Waals surface area contributed by atoms with E-state index in [1.165, 1.54) is 0 Å². The molecule has 278 valence electrons. The van der Waals surface area contributed by atoms with Crippen molar-refractivity contribution in [3.8, 4) is 12.3 Å². The molecule has 0 radical (unpaired) electrons. The van der Waals surface area contributed by atoms with Crippen molar-refractivity contribution in [2.75, 3.05) is 13.7 Å². The average molecular weight is 721 g/mol. The van der Waals surface area contributed by atoms with Crippen LogP contribution in [-0.4, -0.2) is 50.8 Å². The second kappa shape index (κ2) is 14.2. The average Bonchev–Trinajstić information content (AvgIpc) is 2.96. The SMILES string of the molecule is [2H]C([2H])(C[C@@]1(C)[C@H]2[C@@H](O[Si](C)(C)C(C)(C)C)C[C@H]3[C@@H](C[C@@H](C)C[C@H]3O[Si](CC)(CC)CC)[C@]2(C)C=C(OC)[C@@]1(C)C#C)O[Si](C)(C)C(C)(C)C. The van der Waals surface area contributed by atoms with Crippen molar-refractivity contribution in [2.45, 2.75) is 182 Å². The molecule has 0 heterocycles. The number of rotatable bonds is 12. The monoisotopic (exact) mass is 721 g/mol. The summed E-state index contributed by atoms with van der Waals surface area (Å²) in [6, 6.07) is 3.42. The van der Waals surface area contributed by atoms with E-state index in [-0.39, 0.29) is 40.0 Å². The van der Waals surface area contributed by atoms with Crippen LogP contribution in [0.15, 0.2) is 11.8 Å². The molecular weight excluding hydrogens is 641 g/mol. The fourth-order valence-electron chi connectivity index (χ4n) is 9.35. The zero-order chi connectivity index (χ0) is 38.7. The van der Waals surface area contributed by atoms with E-state index in [9.17, 15) is 2.74 Å². The Labute approximate surface area is 304 Å². The molecule has 0 aromatic heterocycles. The standard InChI is InChI=1S/C41H78O4Si3/c1-20-40(13)35(42-15)29-39(12)32-26-30(5)27-33(45-48(21-2,22-3)23-4)31(32)28-34(44-47(18,19)38(9,10)11)36(39)41(40,14)24-25-43-46(16,17)37(6,7)8/h1,29-34,36H,21-28H2,2-19H3/t30-,31+,32-,33-,34+,36+,39+,40-,41+/m1/s1/i25D2. The summed E-state index contributed by atoms with van der Waals surface area (Å²) in [5.74, 6) is 5.15. The smallest absolute Gasteiger partial charge is 0.192 e. The van der Waals surface area contributed by atoms with Crippen LogP contribution in [0.25, 0.3) is 0 Å². The first-order valence-electron chi connectivity index (χ1n) is 20.3. The topological polar surface area (TPSA) is 36.9 Å². The number of hydrogen-bond donors (Lipinski definition) is 0. The molecule has 0 bridgehead atoms. The van der Waals surface area contributed by atoms with Gasteiger partial charge in [-0.3, -0.25) is 0 Å². The number of ether oxygens (including phenoxy) is 1. The Hall–Kier alpha value is -0.369. The molecule has 0 spiro atoms. The molecule has 0 aromatic carbocycles. The molecule has 9 atom stereocenters. The summed E-state index contributed by atoms with van der Waals surface area (Å²) in [6.07, 6.45) is 12.4. The lowest BCUT2D eigenvalue weighted by molar-refractivity contribution is -0.185. The number of terminal acetylenes is 1.